The van der Waals surface area contributed by atoms with Gasteiger partial charge in [-0.1, -0.05) is 0 Å². The highest BCUT2D eigenvalue weighted by molar-refractivity contribution is 5.76. The molecular formula is C7H13F3N2O. The van der Waals surface area contributed by atoms with Gasteiger partial charge in [0.1, 0.15) is 0 Å². The van der Waals surface area contributed by atoms with Crippen molar-refractivity contribution in [2.24, 2.45) is 5.73 Å². The molecule has 6 heteroatoms. The summed E-state index contributed by atoms with van der Waals surface area (Å²) < 4.78 is 35.3. The van der Waals surface area contributed by atoms with E-state index in [-0.39, 0.29) is 13.0 Å². The van der Waals surface area contributed by atoms with Crippen LogP contribution in [0.4, 0.5) is 13.2 Å². The number of nitrogens with two attached hydrogens (primary N) is 1. The Balaban J connectivity index is 3.74. The first-order valence-corrected chi connectivity index (χ1v) is 3.91. The molecule has 1 atom stereocenters. The Morgan fingerprint density at radius 1 is 1.54 bits per heavy atom. The minimum atomic E-state index is -4.24. The zero-order valence-corrected chi connectivity index (χ0v) is 7.32. The summed E-state index contributed by atoms with van der Waals surface area (Å²) in [6.07, 6.45) is -5.19. The zero-order valence-electron chi connectivity index (χ0n) is 7.32. The van der Waals surface area contributed by atoms with Crippen molar-refractivity contribution in [1.29, 1.82) is 0 Å². The highest BCUT2D eigenvalue weighted by Gasteiger charge is 2.30. The predicted molar refractivity (Wildman–Crippen MR) is 41.9 cm³/mol. The van der Waals surface area contributed by atoms with Crippen molar-refractivity contribution < 1.29 is 18.0 Å². The van der Waals surface area contributed by atoms with Gasteiger partial charge >= 0.3 is 6.18 Å². The number of amides is 1. The minimum absolute atomic E-state index is 0.0577. The molecule has 0 fully saturated rings. The van der Waals surface area contributed by atoms with E-state index in [4.69, 9.17) is 5.73 Å². The Labute approximate surface area is 74.5 Å². The van der Waals surface area contributed by atoms with E-state index in [1.807, 2.05) is 0 Å². The van der Waals surface area contributed by atoms with Gasteiger partial charge in [-0.3, -0.25) is 4.79 Å². The second-order valence-corrected chi connectivity index (χ2v) is 2.83. The van der Waals surface area contributed by atoms with Gasteiger partial charge in [-0.05, 0) is 6.92 Å². The van der Waals surface area contributed by atoms with E-state index < -0.39 is 24.5 Å². The molecule has 0 aliphatic rings. The van der Waals surface area contributed by atoms with Gasteiger partial charge in [-0.2, -0.15) is 13.2 Å². The highest BCUT2D eigenvalue weighted by atomic mass is 19.4. The van der Waals surface area contributed by atoms with Crippen LogP contribution in [0, 0.1) is 0 Å². The number of alkyl halides is 3. The van der Waals surface area contributed by atoms with Crippen LogP contribution in [0.3, 0.4) is 0 Å². The normalized spacial score (nSPS) is 13.9. The zero-order chi connectivity index (χ0) is 10.5. The quantitative estimate of drug-likeness (QED) is 0.701. The van der Waals surface area contributed by atoms with Crippen LogP contribution in [0.5, 0.6) is 0 Å². The fourth-order valence-electron chi connectivity index (χ4n) is 0.876. The first-order chi connectivity index (χ1) is 5.85. The maximum absolute atomic E-state index is 11.8. The van der Waals surface area contributed by atoms with Crippen molar-refractivity contribution in [3.63, 3.8) is 0 Å². The maximum atomic E-state index is 11.8. The Morgan fingerprint density at radius 3 is 2.46 bits per heavy atom. The summed E-state index contributed by atoms with van der Waals surface area (Å²) in [6.45, 7) is 1.45. The van der Waals surface area contributed by atoms with Crippen molar-refractivity contribution in [2.45, 2.75) is 32.0 Å². The first kappa shape index (κ1) is 12.2. The largest absolute Gasteiger partial charge is 0.391 e. The van der Waals surface area contributed by atoms with E-state index in [0.29, 0.717) is 0 Å². The van der Waals surface area contributed by atoms with E-state index in [1.54, 1.807) is 0 Å². The SMILES string of the molecule is CC(CC(F)(F)F)NC(=O)CCN. The van der Waals surface area contributed by atoms with Crippen LogP contribution in [0.15, 0.2) is 0 Å². The third-order valence-corrected chi connectivity index (χ3v) is 1.32. The fourth-order valence-corrected chi connectivity index (χ4v) is 0.876. The van der Waals surface area contributed by atoms with Crippen molar-refractivity contribution >= 4 is 5.91 Å². The second-order valence-electron chi connectivity index (χ2n) is 2.83. The van der Waals surface area contributed by atoms with Crippen molar-refractivity contribution in [2.75, 3.05) is 6.54 Å². The molecule has 0 rings (SSSR count). The minimum Gasteiger partial charge on any atom is -0.353 e. The van der Waals surface area contributed by atoms with Gasteiger partial charge in [0.25, 0.3) is 0 Å². The number of carbonyl (C=O) groups excluding carboxylic acids is 1. The lowest BCUT2D eigenvalue weighted by molar-refractivity contribution is -0.141. The molecule has 3 nitrogen and oxygen atoms in total. The first-order valence-electron chi connectivity index (χ1n) is 3.91. The van der Waals surface area contributed by atoms with Gasteiger partial charge in [0.05, 0.1) is 6.42 Å². The number of halogens is 3. The van der Waals surface area contributed by atoms with E-state index in [2.05, 4.69) is 5.32 Å². The molecule has 3 N–H and O–H groups in total. The smallest absolute Gasteiger partial charge is 0.353 e. The molecule has 0 heterocycles. The van der Waals surface area contributed by atoms with Gasteiger partial charge < -0.3 is 11.1 Å². The van der Waals surface area contributed by atoms with Crippen LogP contribution in [0.1, 0.15) is 19.8 Å². The van der Waals surface area contributed by atoms with Crippen molar-refractivity contribution in [1.82, 2.24) is 5.32 Å². The molecule has 0 aliphatic heterocycles. The summed E-state index contributed by atoms with van der Waals surface area (Å²) in [5.41, 5.74) is 5.05. The Hall–Kier alpha value is -0.780. The van der Waals surface area contributed by atoms with Gasteiger partial charge in [0.2, 0.25) is 5.91 Å². The van der Waals surface area contributed by atoms with E-state index in [1.165, 1.54) is 6.92 Å². The number of hydrogen-bond acceptors (Lipinski definition) is 2. The van der Waals surface area contributed by atoms with Gasteiger partial charge in [-0.25, -0.2) is 0 Å². The molecule has 78 valence electrons. The molecule has 0 saturated heterocycles. The summed E-state index contributed by atoms with van der Waals surface area (Å²) in [4.78, 5) is 10.8. The Kier molecular flexibility index (Phi) is 4.76. The second kappa shape index (κ2) is 5.06. The van der Waals surface area contributed by atoms with E-state index >= 15 is 0 Å². The lowest BCUT2D eigenvalue weighted by Crippen LogP contribution is -2.36. The lowest BCUT2D eigenvalue weighted by atomic mass is 10.2. The molecule has 0 bridgehead atoms. The molecular weight excluding hydrogens is 185 g/mol. The third-order valence-electron chi connectivity index (χ3n) is 1.32. The third kappa shape index (κ3) is 7.58. The molecule has 0 aromatic rings. The standard InChI is InChI=1S/C7H13F3N2O/c1-5(4-7(8,9)10)12-6(13)2-3-11/h5H,2-4,11H2,1H3,(H,12,13). The van der Waals surface area contributed by atoms with Crippen molar-refractivity contribution in [3.8, 4) is 0 Å². The highest BCUT2D eigenvalue weighted by Crippen LogP contribution is 2.21. The summed E-state index contributed by atoms with van der Waals surface area (Å²) in [6, 6.07) is -0.890. The predicted octanol–water partition coefficient (Wildman–Crippen LogP) is 0.792. The fraction of sp³-hybridized carbons (Fsp3) is 0.857. The summed E-state index contributed by atoms with van der Waals surface area (Å²) in [7, 11) is 0. The number of nitrogens with one attached hydrogen (secondary N) is 1. The number of hydrogen-bond donors (Lipinski definition) is 2. The maximum Gasteiger partial charge on any atom is 0.391 e. The monoisotopic (exact) mass is 198 g/mol. The van der Waals surface area contributed by atoms with Crippen LogP contribution in [0.2, 0.25) is 0 Å². The molecule has 0 radical (unpaired) electrons. The van der Waals surface area contributed by atoms with Gasteiger partial charge in [0, 0.05) is 19.0 Å². The average molecular weight is 198 g/mol. The van der Waals surface area contributed by atoms with Crippen LogP contribution in [-0.2, 0) is 4.79 Å². The number of carbonyl (C=O) groups is 1. The molecule has 1 unspecified atom stereocenters. The summed E-state index contributed by atoms with van der Waals surface area (Å²) >= 11 is 0. The van der Waals surface area contributed by atoms with Crippen LogP contribution in [0.25, 0.3) is 0 Å². The molecule has 1 amide bonds. The lowest BCUT2D eigenvalue weighted by Gasteiger charge is -2.15. The average Bonchev–Trinajstić information content (AvgIpc) is 1.81. The van der Waals surface area contributed by atoms with Crippen LogP contribution < -0.4 is 11.1 Å². The molecule has 0 spiro atoms. The molecule has 0 aromatic carbocycles. The molecule has 13 heavy (non-hydrogen) atoms. The molecule has 0 aromatic heterocycles. The Bertz CT molecular complexity index is 170. The summed E-state index contributed by atoms with van der Waals surface area (Å²) in [5, 5.41) is 2.20. The van der Waals surface area contributed by atoms with E-state index in [9.17, 15) is 18.0 Å². The molecule has 0 saturated carbocycles. The summed E-state index contributed by atoms with van der Waals surface area (Å²) in [5.74, 6) is -0.445. The van der Waals surface area contributed by atoms with Crippen LogP contribution >= 0.6 is 0 Å². The van der Waals surface area contributed by atoms with E-state index in [0.717, 1.165) is 0 Å². The van der Waals surface area contributed by atoms with Crippen molar-refractivity contribution in [3.05, 3.63) is 0 Å². The van der Waals surface area contributed by atoms with Gasteiger partial charge in [0.15, 0.2) is 0 Å². The number of rotatable bonds is 4. The van der Waals surface area contributed by atoms with Gasteiger partial charge in [-0.15, -0.1) is 0 Å². The van der Waals surface area contributed by atoms with Crippen LogP contribution in [-0.4, -0.2) is 24.7 Å². The Morgan fingerprint density at radius 2 is 2.08 bits per heavy atom. The topological polar surface area (TPSA) is 55.1 Å². The molecule has 0 aliphatic carbocycles.